The van der Waals surface area contributed by atoms with Crippen LogP contribution in [0.3, 0.4) is 0 Å². The Morgan fingerprint density at radius 3 is 2.84 bits per heavy atom. The third kappa shape index (κ3) is 5.70. The van der Waals surface area contributed by atoms with Gasteiger partial charge in [-0.3, -0.25) is 29.5 Å². The maximum atomic E-state index is 12.8. The quantitative estimate of drug-likeness (QED) is 0.509. The van der Waals surface area contributed by atoms with Crippen LogP contribution in [0.2, 0.25) is 0 Å². The summed E-state index contributed by atoms with van der Waals surface area (Å²) in [5.74, 6) is -0.218. The van der Waals surface area contributed by atoms with Gasteiger partial charge >= 0.3 is 0 Å². The molecule has 3 aliphatic rings. The van der Waals surface area contributed by atoms with Crippen molar-refractivity contribution in [1.29, 1.82) is 0 Å². The number of allylic oxidation sites excluding steroid dienone is 4. The molecule has 0 radical (unpaired) electrons. The lowest BCUT2D eigenvalue weighted by Gasteiger charge is -2.29. The first kappa shape index (κ1) is 25.9. The predicted molar refractivity (Wildman–Crippen MR) is 148 cm³/mol. The molecule has 38 heavy (non-hydrogen) atoms. The Kier molecular flexibility index (Phi) is 7.69. The van der Waals surface area contributed by atoms with Crippen molar-refractivity contribution in [2.75, 3.05) is 6.54 Å². The molecule has 1 unspecified atom stereocenters. The van der Waals surface area contributed by atoms with Gasteiger partial charge in [-0.25, -0.2) is 0 Å². The van der Waals surface area contributed by atoms with Crippen LogP contribution in [0.15, 0.2) is 59.7 Å². The largest absolute Gasteiger partial charge is 0.338 e. The Labute approximate surface area is 226 Å². The summed E-state index contributed by atoms with van der Waals surface area (Å²) in [6.45, 7) is 3.07. The number of hydrogen-bond acceptors (Lipinski definition) is 6. The summed E-state index contributed by atoms with van der Waals surface area (Å²) in [6, 6.07) is 8.46. The van der Waals surface area contributed by atoms with Gasteiger partial charge in [0.1, 0.15) is 0 Å². The lowest BCUT2D eigenvalue weighted by molar-refractivity contribution is -0.132. The average Bonchev–Trinajstić information content (AvgIpc) is 3.23. The highest BCUT2D eigenvalue weighted by molar-refractivity contribution is 8.18. The van der Waals surface area contributed by atoms with Gasteiger partial charge in [-0.05, 0) is 90.1 Å². The number of nitrogens with one attached hydrogen (secondary N) is 1. The number of hydrogen-bond donors (Lipinski definition) is 1. The standard InChI is InChI=1S/C30H29N3O4S/c1-2-4-23(34)5-3-6-28(35)33-14-12-20-8-9-21(17-22(20)18-33)24-11-13-31-26-10-7-19(15-25(24)26)16-27-29(36)32-30(37)38-27/h2,4,7-11,13,16-17,19H,3,5-6,12,14-15,18H2,1H3,(H,32,36,37). The monoisotopic (exact) mass is 527 g/mol. The summed E-state index contributed by atoms with van der Waals surface area (Å²) >= 11 is 0.936. The van der Waals surface area contributed by atoms with Crippen LogP contribution in [0.5, 0.6) is 0 Å². The molecule has 5 rings (SSSR count). The van der Waals surface area contributed by atoms with Crippen LogP contribution in [-0.2, 0) is 33.8 Å². The Bertz CT molecular complexity index is 1410. The van der Waals surface area contributed by atoms with Crippen molar-refractivity contribution in [2.45, 2.75) is 45.6 Å². The molecular weight excluding hydrogens is 498 g/mol. The smallest absolute Gasteiger partial charge is 0.290 e. The highest BCUT2D eigenvalue weighted by Gasteiger charge is 2.27. The van der Waals surface area contributed by atoms with E-state index in [0.29, 0.717) is 43.7 Å². The van der Waals surface area contributed by atoms with Gasteiger partial charge < -0.3 is 4.90 Å². The first-order valence-electron chi connectivity index (χ1n) is 12.9. The number of carbonyl (C=O) groups excluding carboxylic acids is 4. The maximum Gasteiger partial charge on any atom is 0.290 e. The number of amides is 3. The SMILES string of the molecule is CC=CC(=O)CCCC(=O)N1CCc2ccc(-c3ccnc4c3CC(C=C3SC(=O)NC3=O)C=C4)cc2C1. The Hall–Kier alpha value is -3.78. The predicted octanol–water partition coefficient (Wildman–Crippen LogP) is 5.00. The number of thioether (sulfide) groups is 1. The van der Waals surface area contributed by atoms with Crippen LogP contribution in [0.1, 0.15) is 48.6 Å². The second kappa shape index (κ2) is 11.3. The van der Waals surface area contributed by atoms with E-state index in [2.05, 4.69) is 28.5 Å². The fraction of sp³-hybridized carbons (Fsp3) is 0.300. The molecule has 8 heteroatoms. The zero-order chi connectivity index (χ0) is 26.6. The average molecular weight is 528 g/mol. The topological polar surface area (TPSA) is 96.4 Å². The van der Waals surface area contributed by atoms with Gasteiger partial charge in [0.15, 0.2) is 5.78 Å². The number of imide groups is 1. The molecule has 0 saturated carbocycles. The second-order valence-electron chi connectivity index (χ2n) is 9.69. The van der Waals surface area contributed by atoms with Crippen molar-refractivity contribution in [3.05, 3.63) is 82.1 Å². The minimum absolute atomic E-state index is 0.0185. The van der Waals surface area contributed by atoms with Gasteiger partial charge in [0.05, 0.1) is 10.6 Å². The Balaban J connectivity index is 1.32. The van der Waals surface area contributed by atoms with E-state index in [0.717, 1.165) is 46.1 Å². The molecule has 1 aliphatic carbocycles. The number of nitrogens with zero attached hydrogens (tertiary/aromatic N) is 2. The Morgan fingerprint density at radius 2 is 2.05 bits per heavy atom. The van der Waals surface area contributed by atoms with Gasteiger partial charge in [-0.2, -0.15) is 0 Å². The molecule has 0 bridgehead atoms. The van der Waals surface area contributed by atoms with Crippen LogP contribution >= 0.6 is 11.8 Å². The van der Waals surface area contributed by atoms with Crippen LogP contribution < -0.4 is 5.32 Å². The molecule has 3 heterocycles. The van der Waals surface area contributed by atoms with Gasteiger partial charge in [0, 0.05) is 38.0 Å². The zero-order valence-corrected chi connectivity index (χ0v) is 22.1. The van der Waals surface area contributed by atoms with E-state index in [4.69, 9.17) is 0 Å². The van der Waals surface area contributed by atoms with E-state index in [1.165, 1.54) is 5.56 Å². The molecule has 1 saturated heterocycles. The number of ketones is 1. The summed E-state index contributed by atoms with van der Waals surface area (Å²) < 4.78 is 0. The van der Waals surface area contributed by atoms with E-state index >= 15 is 0 Å². The summed E-state index contributed by atoms with van der Waals surface area (Å²) in [4.78, 5) is 55.0. The number of benzene rings is 1. The number of aromatic nitrogens is 1. The fourth-order valence-electron chi connectivity index (χ4n) is 5.18. The first-order valence-corrected chi connectivity index (χ1v) is 13.7. The van der Waals surface area contributed by atoms with Crippen LogP contribution in [0, 0.1) is 5.92 Å². The van der Waals surface area contributed by atoms with Crippen molar-refractivity contribution in [3.63, 3.8) is 0 Å². The van der Waals surface area contributed by atoms with Crippen molar-refractivity contribution < 1.29 is 19.2 Å². The molecule has 1 N–H and O–H groups in total. The normalized spacial score (nSPS) is 19.6. The molecule has 7 nitrogen and oxygen atoms in total. The molecule has 3 amide bonds. The summed E-state index contributed by atoms with van der Waals surface area (Å²) in [5.41, 5.74) is 6.54. The molecule has 194 valence electrons. The molecule has 1 fully saturated rings. The van der Waals surface area contributed by atoms with Crippen LogP contribution in [0.4, 0.5) is 4.79 Å². The minimum atomic E-state index is -0.344. The second-order valence-corrected chi connectivity index (χ2v) is 10.7. The van der Waals surface area contributed by atoms with Crippen molar-refractivity contribution in [1.82, 2.24) is 15.2 Å². The number of fused-ring (bicyclic) bond motifs is 2. The fourth-order valence-corrected chi connectivity index (χ4v) is 5.91. The van der Waals surface area contributed by atoms with Gasteiger partial charge in [-0.15, -0.1) is 0 Å². The van der Waals surface area contributed by atoms with E-state index in [1.54, 1.807) is 18.3 Å². The lowest BCUT2D eigenvalue weighted by atomic mass is 9.86. The van der Waals surface area contributed by atoms with E-state index in [9.17, 15) is 19.2 Å². The maximum absolute atomic E-state index is 12.8. The van der Waals surface area contributed by atoms with Gasteiger partial charge in [0.25, 0.3) is 11.1 Å². The lowest BCUT2D eigenvalue weighted by Crippen LogP contribution is -2.35. The molecular formula is C30H29N3O4S. The Morgan fingerprint density at radius 1 is 1.18 bits per heavy atom. The molecule has 0 spiro atoms. The van der Waals surface area contributed by atoms with Gasteiger partial charge in [-0.1, -0.05) is 30.4 Å². The van der Waals surface area contributed by atoms with Gasteiger partial charge in [0.2, 0.25) is 5.91 Å². The molecule has 1 aromatic carbocycles. The third-order valence-corrected chi connectivity index (χ3v) is 7.92. The molecule has 2 aliphatic heterocycles. The van der Waals surface area contributed by atoms with Crippen molar-refractivity contribution in [2.24, 2.45) is 5.92 Å². The van der Waals surface area contributed by atoms with Crippen LogP contribution in [-0.4, -0.2) is 39.3 Å². The van der Waals surface area contributed by atoms with E-state index < -0.39 is 0 Å². The summed E-state index contributed by atoms with van der Waals surface area (Å²) in [6.07, 6.45) is 13.8. The van der Waals surface area contributed by atoms with Crippen molar-refractivity contribution in [3.8, 4) is 11.1 Å². The molecule has 2 aromatic rings. The highest BCUT2D eigenvalue weighted by Crippen LogP contribution is 2.35. The first-order chi connectivity index (χ1) is 18.4. The zero-order valence-electron chi connectivity index (χ0n) is 21.2. The van der Waals surface area contributed by atoms with E-state index in [-0.39, 0.29) is 28.8 Å². The summed E-state index contributed by atoms with van der Waals surface area (Å²) in [5, 5.41) is 1.97. The number of rotatable bonds is 7. The number of pyridine rings is 1. The summed E-state index contributed by atoms with van der Waals surface area (Å²) in [7, 11) is 0. The minimum Gasteiger partial charge on any atom is -0.338 e. The molecule has 1 aromatic heterocycles. The third-order valence-electron chi connectivity index (χ3n) is 7.09. The van der Waals surface area contributed by atoms with Crippen molar-refractivity contribution >= 4 is 40.7 Å². The van der Waals surface area contributed by atoms with Crippen LogP contribution in [0.25, 0.3) is 17.2 Å². The highest BCUT2D eigenvalue weighted by atomic mass is 32.2. The van der Waals surface area contributed by atoms with E-state index in [1.807, 2.05) is 36.1 Å². The number of carbonyl (C=O) groups is 4. The molecule has 1 atom stereocenters.